The van der Waals surface area contributed by atoms with E-state index in [0.717, 1.165) is 4.47 Å². The Morgan fingerprint density at radius 1 is 1.21 bits per heavy atom. The number of hydrogen-bond acceptors (Lipinski definition) is 1. The number of rotatable bonds is 2. The van der Waals surface area contributed by atoms with Crippen molar-refractivity contribution in [3.63, 3.8) is 0 Å². The second-order valence-electron chi connectivity index (χ2n) is 2.98. The number of alkyl halides is 3. The zero-order chi connectivity index (χ0) is 10.8. The zero-order valence-electron chi connectivity index (χ0n) is 7.18. The molecule has 0 spiro atoms. The molecule has 1 atom stereocenters. The van der Waals surface area contributed by atoms with Crippen molar-refractivity contribution < 1.29 is 13.2 Å². The van der Waals surface area contributed by atoms with Crippen LogP contribution >= 0.6 is 15.9 Å². The van der Waals surface area contributed by atoms with Gasteiger partial charge in [0.05, 0.1) is 6.42 Å². The van der Waals surface area contributed by atoms with Gasteiger partial charge in [-0.1, -0.05) is 28.1 Å². The Hall–Kier alpha value is -0.550. The fourth-order valence-corrected chi connectivity index (χ4v) is 1.34. The van der Waals surface area contributed by atoms with E-state index in [1.54, 1.807) is 24.3 Å². The van der Waals surface area contributed by atoms with Gasteiger partial charge in [0.15, 0.2) is 0 Å². The molecule has 0 saturated carbocycles. The van der Waals surface area contributed by atoms with Crippen LogP contribution in [0.3, 0.4) is 0 Å². The number of benzene rings is 1. The predicted octanol–water partition coefficient (Wildman–Crippen LogP) is 3.40. The summed E-state index contributed by atoms with van der Waals surface area (Å²) >= 11 is 3.19. The minimum absolute atomic E-state index is 0.491. The quantitative estimate of drug-likeness (QED) is 0.874. The fraction of sp³-hybridized carbons (Fsp3) is 0.333. The van der Waals surface area contributed by atoms with Gasteiger partial charge in [0.2, 0.25) is 0 Å². The summed E-state index contributed by atoms with van der Waals surface area (Å²) in [5.41, 5.74) is 5.89. The fourth-order valence-electron chi connectivity index (χ4n) is 1.08. The lowest BCUT2D eigenvalue weighted by molar-refractivity contribution is -0.138. The van der Waals surface area contributed by atoms with Gasteiger partial charge in [-0.2, -0.15) is 13.2 Å². The molecule has 78 valence electrons. The maximum atomic E-state index is 12.0. The Labute approximate surface area is 88.2 Å². The van der Waals surface area contributed by atoms with Crippen LogP contribution in [-0.2, 0) is 0 Å². The van der Waals surface area contributed by atoms with E-state index >= 15 is 0 Å². The smallest absolute Gasteiger partial charge is 0.324 e. The molecule has 1 aromatic carbocycles. The third-order valence-electron chi connectivity index (χ3n) is 1.75. The minimum Gasteiger partial charge on any atom is -0.324 e. The second kappa shape index (κ2) is 4.31. The van der Waals surface area contributed by atoms with Gasteiger partial charge in [-0.05, 0) is 17.7 Å². The van der Waals surface area contributed by atoms with Crippen LogP contribution in [0.5, 0.6) is 0 Å². The Kier molecular flexibility index (Phi) is 3.55. The average molecular weight is 268 g/mol. The Bertz CT molecular complexity index is 294. The zero-order valence-corrected chi connectivity index (χ0v) is 8.77. The van der Waals surface area contributed by atoms with E-state index in [1.165, 1.54) is 0 Å². The highest BCUT2D eigenvalue weighted by Crippen LogP contribution is 2.28. The van der Waals surface area contributed by atoms with Crippen molar-refractivity contribution in [1.29, 1.82) is 0 Å². The highest BCUT2D eigenvalue weighted by Gasteiger charge is 2.30. The molecule has 0 radical (unpaired) electrons. The van der Waals surface area contributed by atoms with Crippen LogP contribution < -0.4 is 5.73 Å². The molecule has 1 rings (SSSR count). The topological polar surface area (TPSA) is 26.0 Å². The lowest BCUT2D eigenvalue weighted by Gasteiger charge is -2.14. The largest absolute Gasteiger partial charge is 0.390 e. The molecule has 0 heterocycles. The summed E-state index contributed by atoms with van der Waals surface area (Å²) in [4.78, 5) is 0. The number of hydrogen-bond donors (Lipinski definition) is 1. The molecular formula is C9H9BrF3N. The summed E-state index contributed by atoms with van der Waals surface area (Å²) in [6.07, 6.45) is -5.21. The molecule has 1 nitrogen and oxygen atoms in total. The summed E-state index contributed by atoms with van der Waals surface area (Å²) in [6, 6.07) is 5.53. The van der Waals surface area contributed by atoms with Crippen molar-refractivity contribution in [2.24, 2.45) is 5.73 Å². The lowest BCUT2D eigenvalue weighted by atomic mass is 10.1. The molecule has 0 amide bonds. The highest BCUT2D eigenvalue weighted by atomic mass is 79.9. The van der Waals surface area contributed by atoms with Crippen molar-refractivity contribution in [2.45, 2.75) is 18.6 Å². The van der Waals surface area contributed by atoms with Gasteiger partial charge in [-0.25, -0.2) is 0 Å². The molecule has 1 aromatic rings. The third-order valence-corrected chi connectivity index (χ3v) is 2.28. The van der Waals surface area contributed by atoms with E-state index in [4.69, 9.17) is 5.73 Å². The normalized spacial score (nSPS) is 14.1. The van der Waals surface area contributed by atoms with Crippen molar-refractivity contribution in [1.82, 2.24) is 0 Å². The maximum Gasteiger partial charge on any atom is 0.390 e. The first-order valence-electron chi connectivity index (χ1n) is 3.96. The Balaban J connectivity index is 2.70. The molecule has 0 fully saturated rings. The van der Waals surface area contributed by atoms with E-state index in [1.807, 2.05) is 0 Å². The average Bonchev–Trinajstić information content (AvgIpc) is 2.02. The predicted molar refractivity (Wildman–Crippen MR) is 51.7 cm³/mol. The standard InChI is InChI=1S/C9H9BrF3N/c10-7-3-1-6(2-4-7)8(14)5-9(11,12)13/h1-4,8H,5,14H2/t8-/m0/s1. The van der Waals surface area contributed by atoms with Crippen LogP contribution in [0.2, 0.25) is 0 Å². The number of halogens is 4. The van der Waals surface area contributed by atoms with Crippen molar-refractivity contribution in [3.05, 3.63) is 34.3 Å². The molecular weight excluding hydrogens is 259 g/mol. The molecule has 14 heavy (non-hydrogen) atoms. The Morgan fingerprint density at radius 3 is 2.14 bits per heavy atom. The number of nitrogens with two attached hydrogens (primary N) is 1. The van der Waals surface area contributed by atoms with Gasteiger partial charge in [0.1, 0.15) is 0 Å². The van der Waals surface area contributed by atoms with Crippen LogP contribution in [-0.4, -0.2) is 6.18 Å². The van der Waals surface area contributed by atoms with Gasteiger partial charge >= 0.3 is 6.18 Å². The first-order valence-corrected chi connectivity index (χ1v) is 4.75. The first kappa shape index (κ1) is 11.5. The van der Waals surface area contributed by atoms with E-state index in [9.17, 15) is 13.2 Å². The molecule has 0 saturated heterocycles. The minimum atomic E-state index is -4.22. The van der Waals surface area contributed by atoms with Gasteiger partial charge in [-0.15, -0.1) is 0 Å². The van der Waals surface area contributed by atoms with E-state index in [0.29, 0.717) is 5.56 Å². The lowest BCUT2D eigenvalue weighted by Crippen LogP contribution is -2.20. The van der Waals surface area contributed by atoms with Crippen LogP contribution in [0, 0.1) is 0 Å². The van der Waals surface area contributed by atoms with Crippen molar-refractivity contribution >= 4 is 15.9 Å². The maximum absolute atomic E-state index is 12.0. The highest BCUT2D eigenvalue weighted by molar-refractivity contribution is 9.10. The van der Waals surface area contributed by atoms with Crippen LogP contribution in [0.1, 0.15) is 18.0 Å². The Morgan fingerprint density at radius 2 is 1.71 bits per heavy atom. The third kappa shape index (κ3) is 3.67. The molecule has 5 heteroatoms. The molecule has 0 aliphatic carbocycles. The monoisotopic (exact) mass is 267 g/mol. The molecule has 0 bridgehead atoms. The van der Waals surface area contributed by atoms with Gasteiger partial charge < -0.3 is 5.73 Å². The van der Waals surface area contributed by atoms with Crippen molar-refractivity contribution in [2.75, 3.05) is 0 Å². The van der Waals surface area contributed by atoms with Crippen LogP contribution in [0.15, 0.2) is 28.7 Å². The summed E-state index contributed by atoms with van der Waals surface area (Å²) < 4.78 is 36.8. The van der Waals surface area contributed by atoms with Gasteiger partial charge in [0.25, 0.3) is 0 Å². The summed E-state index contributed by atoms with van der Waals surface area (Å²) in [5, 5.41) is 0. The summed E-state index contributed by atoms with van der Waals surface area (Å²) in [5.74, 6) is 0. The molecule has 0 aromatic heterocycles. The van der Waals surface area contributed by atoms with E-state index < -0.39 is 18.6 Å². The molecule has 0 unspecified atom stereocenters. The van der Waals surface area contributed by atoms with Crippen LogP contribution in [0.4, 0.5) is 13.2 Å². The van der Waals surface area contributed by atoms with E-state index in [2.05, 4.69) is 15.9 Å². The summed E-state index contributed by atoms with van der Waals surface area (Å²) in [6.45, 7) is 0. The SMILES string of the molecule is N[C@@H](CC(F)(F)F)c1ccc(Br)cc1. The molecule has 2 N–H and O–H groups in total. The first-order chi connectivity index (χ1) is 6.38. The molecule has 0 aliphatic rings. The van der Waals surface area contributed by atoms with Gasteiger partial charge in [0, 0.05) is 10.5 Å². The van der Waals surface area contributed by atoms with E-state index in [-0.39, 0.29) is 0 Å². The second-order valence-corrected chi connectivity index (χ2v) is 3.89. The molecule has 0 aliphatic heterocycles. The van der Waals surface area contributed by atoms with Crippen molar-refractivity contribution in [3.8, 4) is 0 Å². The summed E-state index contributed by atoms with van der Waals surface area (Å²) in [7, 11) is 0. The van der Waals surface area contributed by atoms with Gasteiger partial charge in [-0.3, -0.25) is 0 Å². The van der Waals surface area contributed by atoms with Crippen LogP contribution in [0.25, 0.3) is 0 Å².